The zero-order chi connectivity index (χ0) is 18.4. The first-order valence-electron chi connectivity index (χ1n) is 8.24. The number of aromatic nitrogens is 2. The Bertz CT molecular complexity index is 934. The molecule has 1 saturated carbocycles. The highest BCUT2D eigenvalue weighted by Gasteiger charge is 2.51. The van der Waals surface area contributed by atoms with Crippen LogP contribution in [-0.2, 0) is 18.1 Å². The molecule has 4 rings (SSSR count). The number of hydrogen-bond donors (Lipinski definition) is 1. The van der Waals surface area contributed by atoms with Crippen LogP contribution in [-0.4, -0.2) is 10.1 Å². The lowest BCUT2D eigenvalue weighted by molar-refractivity contribution is -0.137. The molecule has 0 amide bonds. The molecule has 0 radical (unpaired) electrons. The zero-order valence-electron chi connectivity index (χ0n) is 14.2. The van der Waals surface area contributed by atoms with Gasteiger partial charge in [0.1, 0.15) is 0 Å². The number of alkyl halides is 3. The highest BCUT2D eigenvalue weighted by molar-refractivity contribution is 5.85. The first kappa shape index (κ1) is 19.4. The fraction of sp³-hybridized carbons (Fsp3) is 0.263. The van der Waals surface area contributed by atoms with Crippen molar-refractivity contribution in [2.24, 2.45) is 5.73 Å². The molecular weight excluding hydrogens is 379 g/mol. The first-order valence-corrected chi connectivity index (χ1v) is 8.24. The summed E-state index contributed by atoms with van der Waals surface area (Å²) in [6.07, 6.45) is -3.01. The molecule has 0 bridgehead atoms. The second-order valence-electron chi connectivity index (χ2n) is 6.48. The Kier molecular flexibility index (Phi) is 5.01. The third-order valence-corrected chi connectivity index (χ3v) is 4.78. The lowest BCUT2D eigenvalue weighted by atomic mass is 9.94. The van der Waals surface area contributed by atoms with Crippen LogP contribution in [0.2, 0.25) is 0 Å². The standard InChI is InChI=1S/C19H16F3N3O.ClH/c20-19(21,22)15-3-1-2-14(10-15)18(8-9-18)17-24-16(25-26-17)13-6-4-12(11-23)5-7-13;/h1-7,10H,8-9,11,23H2;1H. The Morgan fingerprint density at radius 1 is 1.07 bits per heavy atom. The van der Waals surface area contributed by atoms with Gasteiger partial charge < -0.3 is 10.3 Å². The maximum atomic E-state index is 13.0. The van der Waals surface area contributed by atoms with Gasteiger partial charge in [0.15, 0.2) is 0 Å². The normalized spacial score (nSPS) is 15.3. The highest BCUT2D eigenvalue weighted by atomic mass is 35.5. The van der Waals surface area contributed by atoms with Crippen LogP contribution in [0.15, 0.2) is 53.1 Å². The van der Waals surface area contributed by atoms with Crippen LogP contribution in [0.3, 0.4) is 0 Å². The number of rotatable bonds is 4. The van der Waals surface area contributed by atoms with Crippen molar-refractivity contribution in [2.45, 2.75) is 31.0 Å². The van der Waals surface area contributed by atoms with Crippen molar-refractivity contribution in [3.8, 4) is 11.4 Å². The van der Waals surface area contributed by atoms with Gasteiger partial charge in [-0.1, -0.05) is 47.6 Å². The Labute approximate surface area is 160 Å². The van der Waals surface area contributed by atoms with Gasteiger partial charge in [-0.15, -0.1) is 12.4 Å². The topological polar surface area (TPSA) is 64.9 Å². The summed E-state index contributed by atoms with van der Waals surface area (Å²) >= 11 is 0. The molecule has 0 saturated heterocycles. The van der Waals surface area contributed by atoms with Crippen molar-refractivity contribution in [1.29, 1.82) is 0 Å². The van der Waals surface area contributed by atoms with Crippen molar-refractivity contribution in [3.63, 3.8) is 0 Å². The number of nitrogens with zero attached hydrogens (tertiary/aromatic N) is 2. The minimum Gasteiger partial charge on any atom is -0.338 e. The van der Waals surface area contributed by atoms with Crippen LogP contribution >= 0.6 is 12.4 Å². The predicted octanol–water partition coefficient (Wildman–Crippen LogP) is 4.72. The van der Waals surface area contributed by atoms with E-state index in [0.29, 0.717) is 36.7 Å². The molecular formula is C19H17ClF3N3O. The summed E-state index contributed by atoms with van der Waals surface area (Å²) in [5.74, 6) is 0.775. The second kappa shape index (κ2) is 6.98. The Morgan fingerprint density at radius 3 is 2.37 bits per heavy atom. The summed E-state index contributed by atoms with van der Waals surface area (Å²) in [6.45, 7) is 0.441. The Hall–Kier alpha value is -2.38. The van der Waals surface area contributed by atoms with Gasteiger partial charge in [-0.2, -0.15) is 18.2 Å². The largest absolute Gasteiger partial charge is 0.416 e. The number of halogens is 4. The van der Waals surface area contributed by atoms with Crippen LogP contribution in [0, 0.1) is 0 Å². The summed E-state index contributed by atoms with van der Waals surface area (Å²) in [7, 11) is 0. The molecule has 4 nitrogen and oxygen atoms in total. The Balaban J connectivity index is 0.00000210. The molecule has 2 aromatic carbocycles. The van der Waals surface area contributed by atoms with Gasteiger partial charge in [-0.05, 0) is 30.0 Å². The van der Waals surface area contributed by atoms with Gasteiger partial charge in [0, 0.05) is 12.1 Å². The van der Waals surface area contributed by atoms with Gasteiger partial charge in [0.05, 0.1) is 11.0 Å². The van der Waals surface area contributed by atoms with E-state index in [9.17, 15) is 13.2 Å². The molecule has 1 aliphatic rings. The van der Waals surface area contributed by atoms with Gasteiger partial charge in [0.25, 0.3) is 0 Å². The van der Waals surface area contributed by atoms with E-state index >= 15 is 0 Å². The third kappa shape index (κ3) is 3.57. The molecule has 0 atom stereocenters. The van der Waals surface area contributed by atoms with Gasteiger partial charge >= 0.3 is 6.18 Å². The number of hydrogen-bond acceptors (Lipinski definition) is 4. The van der Waals surface area contributed by atoms with E-state index < -0.39 is 17.2 Å². The van der Waals surface area contributed by atoms with Crippen molar-refractivity contribution in [1.82, 2.24) is 10.1 Å². The average molecular weight is 396 g/mol. The van der Waals surface area contributed by atoms with Crippen LogP contribution in [0.25, 0.3) is 11.4 Å². The molecule has 8 heteroatoms. The van der Waals surface area contributed by atoms with E-state index in [1.165, 1.54) is 12.1 Å². The van der Waals surface area contributed by atoms with E-state index in [1.807, 2.05) is 24.3 Å². The molecule has 1 fully saturated rings. The van der Waals surface area contributed by atoms with Crippen molar-refractivity contribution < 1.29 is 17.7 Å². The fourth-order valence-corrected chi connectivity index (χ4v) is 3.07. The van der Waals surface area contributed by atoms with E-state index in [-0.39, 0.29) is 12.4 Å². The summed E-state index contributed by atoms with van der Waals surface area (Å²) in [5.41, 5.74) is 6.61. The zero-order valence-corrected chi connectivity index (χ0v) is 15.0. The van der Waals surface area contributed by atoms with Gasteiger partial charge in [0.2, 0.25) is 11.7 Å². The lowest BCUT2D eigenvalue weighted by Gasteiger charge is -2.13. The van der Waals surface area contributed by atoms with Gasteiger partial charge in [-0.3, -0.25) is 0 Å². The number of benzene rings is 2. The van der Waals surface area contributed by atoms with Crippen molar-refractivity contribution in [2.75, 3.05) is 0 Å². The average Bonchev–Trinajstić information content (AvgIpc) is 3.31. The Morgan fingerprint density at radius 2 is 1.78 bits per heavy atom. The molecule has 0 aliphatic heterocycles. The van der Waals surface area contributed by atoms with Gasteiger partial charge in [-0.25, -0.2) is 0 Å². The molecule has 1 aromatic heterocycles. The van der Waals surface area contributed by atoms with Crippen LogP contribution in [0.4, 0.5) is 13.2 Å². The van der Waals surface area contributed by atoms with E-state index in [2.05, 4.69) is 10.1 Å². The van der Waals surface area contributed by atoms with Crippen LogP contribution < -0.4 is 5.73 Å². The van der Waals surface area contributed by atoms with Crippen LogP contribution in [0.5, 0.6) is 0 Å². The number of nitrogens with two attached hydrogens (primary N) is 1. The minimum atomic E-state index is -4.38. The van der Waals surface area contributed by atoms with Crippen LogP contribution in [0.1, 0.15) is 35.4 Å². The third-order valence-electron chi connectivity index (χ3n) is 4.78. The predicted molar refractivity (Wildman–Crippen MR) is 96.3 cm³/mol. The first-order chi connectivity index (χ1) is 12.4. The summed E-state index contributed by atoms with van der Waals surface area (Å²) < 4.78 is 44.4. The molecule has 1 aliphatic carbocycles. The van der Waals surface area contributed by atoms with E-state index in [4.69, 9.17) is 10.3 Å². The van der Waals surface area contributed by atoms with E-state index in [0.717, 1.165) is 17.2 Å². The monoisotopic (exact) mass is 395 g/mol. The van der Waals surface area contributed by atoms with Crippen molar-refractivity contribution in [3.05, 3.63) is 71.1 Å². The van der Waals surface area contributed by atoms with E-state index in [1.54, 1.807) is 6.07 Å². The SMILES string of the molecule is Cl.NCc1ccc(-c2noc(C3(c4cccc(C(F)(F)F)c4)CC3)n2)cc1. The quantitative estimate of drug-likeness (QED) is 0.694. The van der Waals surface area contributed by atoms with Crippen molar-refractivity contribution >= 4 is 12.4 Å². The minimum absolute atomic E-state index is 0. The molecule has 2 N–H and O–H groups in total. The second-order valence-corrected chi connectivity index (χ2v) is 6.48. The lowest BCUT2D eigenvalue weighted by Crippen LogP contribution is -2.12. The molecule has 0 spiro atoms. The highest BCUT2D eigenvalue weighted by Crippen LogP contribution is 2.53. The maximum Gasteiger partial charge on any atom is 0.416 e. The molecule has 27 heavy (non-hydrogen) atoms. The molecule has 142 valence electrons. The fourth-order valence-electron chi connectivity index (χ4n) is 3.07. The maximum absolute atomic E-state index is 13.0. The summed E-state index contributed by atoms with van der Waals surface area (Å²) in [4.78, 5) is 4.45. The summed E-state index contributed by atoms with van der Waals surface area (Å²) in [6, 6.07) is 12.8. The molecule has 1 heterocycles. The summed E-state index contributed by atoms with van der Waals surface area (Å²) in [5, 5.41) is 4.01. The molecule has 0 unspecified atom stereocenters. The molecule has 3 aromatic rings. The smallest absolute Gasteiger partial charge is 0.338 e.